The van der Waals surface area contributed by atoms with Gasteiger partial charge >= 0.3 is 18.1 Å². The zero-order valence-corrected chi connectivity index (χ0v) is 18.8. The maximum Gasteiger partial charge on any atom is 0.471 e. The van der Waals surface area contributed by atoms with Gasteiger partial charge in [-0.15, -0.1) is 0 Å². The average molecular weight is 507 g/mol. The lowest BCUT2D eigenvalue weighted by molar-refractivity contribution is -0.175. The van der Waals surface area contributed by atoms with Crippen LogP contribution in [-0.4, -0.2) is 85.3 Å². The van der Waals surface area contributed by atoms with E-state index in [0.717, 1.165) is 0 Å². The molecule has 0 aliphatic carbocycles. The molecular formula is C19H24F3N5O6S. The lowest BCUT2D eigenvalue weighted by atomic mass is 10.1. The summed E-state index contributed by atoms with van der Waals surface area (Å²) in [6, 6.07) is 0.172. The maximum absolute atomic E-state index is 12.5. The van der Waals surface area contributed by atoms with Crippen molar-refractivity contribution in [1.82, 2.24) is 19.9 Å². The number of aliphatic hydroxyl groups excluding tert-OH is 2. The molecule has 5 N–H and O–H groups in total. The van der Waals surface area contributed by atoms with E-state index in [1.54, 1.807) is 17.6 Å². The van der Waals surface area contributed by atoms with Crippen LogP contribution in [0.25, 0.3) is 11.0 Å². The highest BCUT2D eigenvalue weighted by molar-refractivity contribution is 7.99. The first kappa shape index (κ1) is 26.0. The number of ether oxygens (including phenoxy) is 2. The van der Waals surface area contributed by atoms with Gasteiger partial charge in [0.15, 0.2) is 6.23 Å². The predicted molar refractivity (Wildman–Crippen MR) is 114 cm³/mol. The van der Waals surface area contributed by atoms with Crippen molar-refractivity contribution in [3.63, 3.8) is 0 Å². The van der Waals surface area contributed by atoms with Crippen molar-refractivity contribution in [3.8, 4) is 0 Å². The number of carbonyl (C=O) groups excluding carboxylic acids is 2. The number of aliphatic hydroxyl groups is 2. The third kappa shape index (κ3) is 5.71. The first-order valence-corrected chi connectivity index (χ1v) is 11.4. The minimum absolute atomic E-state index is 0.0591. The van der Waals surface area contributed by atoms with Crippen LogP contribution in [-0.2, 0) is 19.1 Å². The Hall–Kier alpha value is -2.62. The van der Waals surface area contributed by atoms with Gasteiger partial charge in [0.25, 0.3) is 0 Å². The highest BCUT2D eigenvalue weighted by atomic mass is 32.2. The van der Waals surface area contributed by atoms with Crippen LogP contribution >= 0.6 is 11.8 Å². The number of alkyl halides is 3. The van der Waals surface area contributed by atoms with E-state index in [4.69, 9.17) is 15.2 Å². The fourth-order valence-electron chi connectivity index (χ4n) is 3.43. The number of nitrogen functional groups attached to an aromatic ring is 1. The molecule has 188 valence electrons. The number of nitrogens with zero attached hydrogens (tertiary/aromatic N) is 3. The largest absolute Gasteiger partial charge is 0.471 e. The van der Waals surface area contributed by atoms with Crippen LogP contribution in [0.15, 0.2) is 18.6 Å². The number of esters is 1. The monoisotopic (exact) mass is 507 g/mol. The number of aromatic nitrogens is 3. The van der Waals surface area contributed by atoms with Crippen LogP contribution < -0.4 is 11.1 Å². The Morgan fingerprint density at radius 1 is 1.35 bits per heavy atom. The highest BCUT2D eigenvalue weighted by Crippen LogP contribution is 2.34. The molecule has 3 heterocycles. The second-order valence-corrected chi connectivity index (χ2v) is 8.55. The molecule has 0 radical (unpaired) electrons. The minimum Gasteiger partial charge on any atom is -0.464 e. The number of anilines is 1. The van der Waals surface area contributed by atoms with Gasteiger partial charge in [0.2, 0.25) is 0 Å². The van der Waals surface area contributed by atoms with Gasteiger partial charge in [-0.05, 0) is 25.2 Å². The van der Waals surface area contributed by atoms with Crippen molar-refractivity contribution in [1.29, 1.82) is 0 Å². The topological polar surface area (TPSA) is 162 Å². The zero-order chi connectivity index (χ0) is 25.0. The molecule has 0 spiro atoms. The van der Waals surface area contributed by atoms with Gasteiger partial charge in [-0.3, -0.25) is 4.79 Å². The number of amides is 1. The van der Waals surface area contributed by atoms with Crippen LogP contribution in [0.4, 0.5) is 19.0 Å². The molecule has 1 saturated heterocycles. The van der Waals surface area contributed by atoms with Crippen molar-refractivity contribution < 1.29 is 42.4 Å². The van der Waals surface area contributed by atoms with E-state index < -0.39 is 48.6 Å². The molecule has 1 fully saturated rings. The van der Waals surface area contributed by atoms with Gasteiger partial charge in [-0.1, -0.05) is 0 Å². The fourth-order valence-corrected chi connectivity index (χ4v) is 4.50. The number of nitrogens with two attached hydrogens (primary N) is 1. The number of thioether (sulfide) groups is 1. The van der Waals surface area contributed by atoms with Crippen molar-refractivity contribution >= 4 is 40.5 Å². The van der Waals surface area contributed by atoms with Crippen molar-refractivity contribution in [3.05, 3.63) is 18.6 Å². The van der Waals surface area contributed by atoms with Gasteiger partial charge < -0.3 is 35.3 Å². The molecular weight excluding hydrogens is 483 g/mol. The third-order valence-electron chi connectivity index (χ3n) is 5.12. The first-order chi connectivity index (χ1) is 16.0. The van der Waals surface area contributed by atoms with E-state index in [0.29, 0.717) is 11.0 Å². The molecule has 1 aliphatic heterocycles. The number of fused-ring (bicyclic) bond motifs is 1. The van der Waals surface area contributed by atoms with Gasteiger partial charge in [-0.2, -0.15) is 24.9 Å². The molecule has 0 bridgehead atoms. The number of hydrogen-bond donors (Lipinski definition) is 4. The summed E-state index contributed by atoms with van der Waals surface area (Å²) in [5.41, 5.74) is 6.23. The van der Waals surface area contributed by atoms with Gasteiger partial charge in [0.1, 0.15) is 36.0 Å². The standard InChI is InChI=1S/C19H24F3N5O6S/c1-2-32-17(30)10(26-18(31)19(20,21)22)4-6-34-7-11-12(28)13(29)16(33-11)27-5-3-9-14(23)24-8-25-15(9)27/h3,5,8,10-13,16,28-29H,2,4,6-7H2,1H3,(H,26,31)(H2,23,24,25). The van der Waals surface area contributed by atoms with Crippen LogP contribution in [0.5, 0.6) is 0 Å². The molecule has 1 amide bonds. The predicted octanol–water partition coefficient (Wildman–Crippen LogP) is 0.366. The minimum atomic E-state index is -5.14. The Kier molecular flexibility index (Phi) is 8.22. The van der Waals surface area contributed by atoms with E-state index in [-0.39, 0.29) is 30.4 Å². The SMILES string of the molecule is CCOC(=O)C(CCSCC1OC(n2ccc3c(N)ncnc32)C(O)C1O)NC(=O)C(F)(F)F. The van der Waals surface area contributed by atoms with Gasteiger partial charge in [-0.25, -0.2) is 14.8 Å². The second-order valence-electron chi connectivity index (χ2n) is 7.40. The number of hydrogen-bond acceptors (Lipinski definition) is 10. The molecule has 2 aromatic rings. The van der Waals surface area contributed by atoms with Crippen molar-refractivity contribution in [2.24, 2.45) is 0 Å². The average Bonchev–Trinajstić information content (AvgIpc) is 3.32. The second kappa shape index (κ2) is 10.8. The Morgan fingerprint density at radius 2 is 2.09 bits per heavy atom. The summed E-state index contributed by atoms with van der Waals surface area (Å²) in [5.74, 6) is -2.66. The van der Waals surface area contributed by atoms with Crippen molar-refractivity contribution in [2.45, 2.75) is 50.1 Å². The molecule has 2 aromatic heterocycles. The maximum atomic E-state index is 12.5. The van der Waals surface area contributed by atoms with Crippen molar-refractivity contribution in [2.75, 3.05) is 23.8 Å². The molecule has 3 rings (SSSR count). The van der Waals surface area contributed by atoms with Crippen LogP contribution in [0.1, 0.15) is 19.6 Å². The number of halogens is 3. The third-order valence-corrected chi connectivity index (χ3v) is 6.21. The molecule has 5 atom stereocenters. The quantitative estimate of drug-likeness (QED) is 0.276. The van der Waals surface area contributed by atoms with E-state index in [1.807, 2.05) is 0 Å². The Balaban J connectivity index is 1.57. The lowest BCUT2D eigenvalue weighted by Gasteiger charge is -2.19. The van der Waals surface area contributed by atoms with Crippen LogP contribution in [0.3, 0.4) is 0 Å². The Bertz CT molecular complexity index is 1020. The van der Waals surface area contributed by atoms with E-state index in [9.17, 15) is 33.0 Å². The summed E-state index contributed by atoms with van der Waals surface area (Å²) < 4.78 is 49.7. The highest BCUT2D eigenvalue weighted by Gasteiger charge is 2.44. The van der Waals surface area contributed by atoms with Crippen LogP contribution in [0.2, 0.25) is 0 Å². The molecule has 5 unspecified atom stereocenters. The smallest absolute Gasteiger partial charge is 0.464 e. The summed E-state index contributed by atoms with van der Waals surface area (Å²) in [7, 11) is 0. The number of nitrogens with one attached hydrogen (secondary N) is 1. The molecule has 0 aromatic carbocycles. The van der Waals surface area contributed by atoms with Crippen LogP contribution in [0, 0.1) is 0 Å². The summed E-state index contributed by atoms with van der Waals surface area (Å²) >= 11 is 1.17. The Labute approximate surface area is 195 Å². The molecule has 11 nitrogen and oxygen atoms in total. The summed E-state index contributed by atoms with van der Waals surface area (Å²) in [6.45, 7) is 1.43. The number of carbonyl (C=O) groups is 2. The normalized spacial score (nSPS) is 23.7. The fraction of sp³-hybridized carbons (Fsp3) is 0.579. The van der Waals surface area contributed by atoms with E-state index >= 15 is 0 Å². The molecule has 15 heteroatoms. The number of rotatable bonds is 9. The Morgan fingerprint density at radius 3 is 2.76 bits per heavy atom. The van der Waals surface area contributed by atoms with E-state index in [1.165, 1.54) is 29.6 Å². The first-order valence-electron chi connectivity index (χ1n) is 10.2. The molecule has 1 aliphatic rings. The molecule has 0 saturated carbocycles. The summed E-state index contributed by atoms with van der Waals surface area (Å²) in [6.07, 6.45) is -6.72. The molecule has 34 heavy (non-hydrogen) atoms. The zero-order valence-electron chi connectivity index (χ0n) is 17.9. The lowest BCUT2D eigenvalue weighted by Crippen LogP contribution is -2.47. The van der Waals surface area contributed by atoms with Gasteiger partial charge in [0, 0.05) is 11.9 Å². The summed E-state index contributed by atoms with van der Waals surface area (Å²) in [4.78, 5) is 31.2. The van der Waals surface area contributed by atoms with Gasteiger partial charge in [0.05, 0.1) is 18.1 Å². The summed E-state index contributed by atoms with van der Waals surface area (Å²) in [5, 5.41) is 23.1. The van der Waals surface area contributed by atoms with E-state index in [2.05, 4.69) is 9.97 Å².